The van der Waals surface area contributed by atoms with Gasteiger partial charge in [0.05, 0.1) is 10.0 Å². The van der Waals surface area contributed by atoms with E-state index in [1.54, 1.807) is 6.07 Å². The van der Waals surface area contributed by atoms with Crippen LogP contribution in [0.25, 0.3) is 0 Å². The molecule has 2 rings (SSSR count). The first kappa shape index (κ1) is 14.7. The molecule has 5 heteroatoms. The Bertz CT molecular complexity index is 433. The minimum atomic E-state index is 0.582. The van der Waals surface area contributed by atoms with E-state index in [-0.39, 0.29) is 0 Å². The fourth-order valence-electron chi connectivity index (χ4n) is 2.14. The Morgan fingerprint density at radius 1 is 1.32 bits per heavy atom. The zero-order valence-electron chi connectivity index (χ0n) is 11.5. The van der Waals surface area contributed by atoms with Crippen molar-refractivity contribution in [3.8, 4) is 0 Å². The predicted molar refractivity (Wildman–Crippen MR) is 83.6 cm³/mol. The Labute approximate surface area is 125 Å². The summed E-state index contributed by atoms with van der Waals surface area (Å²) in [6, 6.07) is 1.79. The van der Waals surface area contributed by atoms with Crippen LogP contribution >= 0.6 is 23.2 Å². The maximum Gasteiger partial charge on any atom is 0.149 e. The van der Waals surface area contributed by atoms with Crippen LogP contribution in [0.2, 0.25) is 10.0 Å². The van der Waals surface area contributed by atoms with Gasteiger partial charge in [0, 0.05) is 19.6 Å². The molecule has 3 nitrogen and oxygen atoms in total. The smallest absolute Gasteiger partial charge is 0.149 e. The predicted octanol–water partition coefficient (Wildman–Crippen LogP) is 4.45. The van der Waals surface area contributed by atoms with E-state index >= 15 is 0 Å². The zero-order chi connectivity index (χ0) is 13.8. The summed E-state index contributed by atoms with van der Waals surface area (Å²) in [5.41, 5.74) is 0. The summed E-state index contributed by atoms with van der Waals surface area (Å²) in [7, 11) is 0. The van der Waals surface area contributed by atoms with Crippen molar-refractivity contribution in [2.24, 2.45) is 5.92 Å². The van der Waals surface area contributed by atoms with Crippen LogP contribution in [-0.4, -0.2) is 24.6 Å². The van der Waals surface area contributed by atoms with Gasteiger partial charge < -0.3 is 10.2 Å². The SMILES string of the molecule is CCCN(CC1CC1)c1nc(NCC)c(Cl)cc1Cl. The van der Waals surface area contributed by atoms with Gasteiger partial charge in [0.1, 0.15) is 11.6 Å². The lowest BCUT2D eigenvalue weighted by Crippen LogP contribution is -2.28. The average molecular weight is 302 g/mol. The molecule has 1 saturated carbocycles. The fraction of sp³-hybridized carbons (Fsp3) is 0.643. The van der Waals surface area contributed by atoms with Crippen LogP contribution in [0.1, 0.15) is 33.1 Å². The highest BCUT2D eigenvalue weighted by Crippen LogP contribution is 2.35. The maximum absolute atomic E-state index is 6.32. The highest BCUT2D eigenvalue weighted by Gasteiger charge is 2.26. The van der Waals surface area contributed by atoms with Crippen LogP contribution in [0.3, 0.4) is 0 Å². The van der Waals surface area contributed by atoms with Gasteiger partial charge in [-0.25, -0.2) is 4.98 Å². The van der Waals surface area contributed by atoms with E-state index in [0.29, 0.717) is 10.0 Å². The first-order valence-electron chi connectivity index (χ1n) is 7.00. The summed E-state index contributed by atoms with van der Waals surface area (Å²) >= 11 is 12.5. The van der Waals surface area contributed by atoms with E-state index in [4.69, 9.17) is 23.2 Å². The molecule has 0 saturated heterocycles. The number of aromatic nitrogens is 1. The number of rotatable bonds is 7. The molecule has 1 N–H and O–H groups in total. The van der Waals surface area contributed by atoms with Crippen LogP contribution in [0.15, 0.2) is 6.07 Å². The Morgan fingerprint density at radius 2 is 2.05 bits per heavy atom. The molecule has 19 heavy (non-hydrogen) atoms. The Hall–Kier alpha value is -0.670. The van der Waals surface area contributed by atoms with Crippen molar-refractivity contribution in [2.75, 3.05) is 29.9 Å². The summed E-state index contributed by atoms with van der Waals surface area (Å²) < 4.78 is 0. The summed E-state index contributed by atoms with van der Waals surface area (Å²) in [4.78, 5) is 6.90. The minimum Gasteiger partial charge on any atom is -0.369 e. The molecule has 0 spiro atoms. The molecular weight excluding hydrogens is 281 g/mol. The van der Waals surface area contributed by atoms with Gasteiger partial charge in [-0.2, -0.15) is 0 Å². The topological polar surface area (TPSA) is 28.2 Å². The van der Waals surface area contributed by atoms with Crippen molar-refractivity contribution in [2.45, 2.75) is 33.1 Å². The van der Waals surface area contributed by atoms with Crippen LogP contribution in [0.5, 0.6) is 0 Å². The molecule has 1 aliphatic carbocycles. The number of nitrogens with zero attached hydrogens (tertiary/aromatic N) is 2. The van der Waals surface area contributed by atoms with Gasteiger partial charge in [0.25, 0.3) is 0 Å². The van der Waals surface area contributed by atoms with Gasteiger partial charge in [0.2, 0.25) is 0 Å². The average Bonchev–Trinajstić information content (AvgIpc) is 3.16. The highest BCUT2D eigenvalue weighted by molar-refractivity contribution is 6.37. The van der Waals surface area contributed by atoms with Crippen molar-refractivity contribution < 1.29 is 0 Å². The first-order chi connectivity index (χ1) is 9.15. The molecule has 1 aromatic rings. The Kier molecular flexibility index (Phi) is 5.17. The van der Waals surface area contributed by atoms with Gasteiger partial charge in [-0.1, -0.05) is 30.1 Å². The van der Waals surface area contributed by atoms with Gasteiger partial charge in [-0.15, -0.1) is 0 Å². The monoisotopic (exact) mass is 301 g/mol. The van der Waals surface area contributed by atoms with Crippen LogP contribution in [0, 0.1) is 5.92 Å². The third-order valence-electron chi connectivity index (χ3n) is 3.22. The molecule has 1 heterocycles. The lowest BCUT2D eigenvalue weighted by atomic mass is 10.3. The van der Waals surface area contributed by atoms with Crippen molar-refractivity contribution in [3.63, 3.8) is 0 Å². The number of pyridine rings is 1. The first-order valence-corrected chi connectivity index (χ1v) is 7.76. The van der Waals surface area contributed by atoms with E-state index in [0.717, 1.165) is 43.6 Å². The van der Waals surface area contributed by atoms with E-state index < -0.39 is 0 Å². The van der Waals surface area contributed by atoms with E-state index in [1.165, 1.54) is 12.8 Å². The van der Waals surface area contributed by atoms with Crippen LogP contribution in [-0.2, 0) is 0 Å². The van der Waals surface area contributed by atoms with Gasteiger partial charge >= 0.3 is 0 Å². The molecule has 106 valence electrons. The molecule has 0 atom stereocenters. The normalized spacial score (nSPS) is 14.5. The molecule has 1 aromatic heterocycles. The summed E-state index contributed by atoms with van der Waals surface area (Å²) in [6.45, 7) is 7.03. The second-order valence-corrected chi connectivity index (χ2v) is 5.86. The van der Waals surface area contributed by atoms with Gasteiger partial charge in [-0.05, 0) is 38.2 Å². The summed E-state index contributed by atoms with van der Waals surface area (Å²) in [5, 5.41) is 4.40. The number of hydrogen-bond acceptors (Lipinski definition) is 3. The number of nitrogens with one attached hydrogen (secondary N) is 1. The second-order valence-electron chi connectivity index (χ2n) is 5.04. The largest absolute Gasteiger partial charge is 0.369 e. The van der Waals surface area contributed by atoms with E-state index in [2.05, 4.69) is 22.1 Å². The fourth-order valence-corrected chi connectivity index (χ4v) is 2.68. The van der Waals surface area contributed by atoms with Crippen molar-refractivity contribution in [1.29, 1.82) is 0 Å². The van der Waals surface area contributed by atoms with Crippen LogP contribution < -0.4 is 10.2 Å². The van der Waals surface area contributed by atoms with Gasteiger partial charge in [0.15, 0.2) is 0 Å². The lowest BCUT2D eigenvalue weighted by Gasteiger charge is -2.25. The molecule has 0 aliphatic heterocycles. The molecule has 0 aromatic carbocycles. The van der Waals surface area contributed by atoms with Crippen molar-refractivity contribution in [3.05, 3.63) is 16.1 Å². The molecular formula is C14H21Cl2N3. The van der Waals surface area contributed by atoms with Gasteiger partial charge in [-0.3, -0.25) is 0 Å². The third kappa shape index (κ3) is 3.90. The highest BCUT2D eigenvalue weighted by atomic mass is 35.5. The molecule has 0 bridgehead atoms. The lowest BCUT2D eigenvalue weighted by molar-refractivity contribution is 0.699. The minimum absolute atomic E-state index is 0.582. The second kappa shape index (κ2) is 6.67. The zero-order valence-corrected chi connectivity index (χ0v) is 13.1. The summed E-state index contributed by atoms with van der Waals surface area (Å²) in [5.74, 6) is 2.39. The molecule has 0 unspecified atom stereocenters. The number of anilines is 2. The standard InChI is InChI=1S/C14H21Cl2N3/c1-3-7-19(9-10-5-6-10)14-12(16)8-11(15)13(18-14)17-4-2/h8,10H,3-7,9H2,1-2H3,(H,17,18). The summed E-state index contributed by atoms with van der Waals surface area (Å²) in [6.07, 6.45) is 3.74. The quantitative estimate of drug-likeness (QED) is 0.806. The maximum atomic E-state index is 6.32. The third-order valence-corrected chi connectivity index (χ3v) is 3.79. The van der Waals surface area contributed by atoms with E-state index in [1.807, 2.05) is 6.92 Å². The molecule has 0 amide bonds. The Balaban J connectivity index is 2.25. The molecule has 1 fully saturated rings. The van der Waals surface area contributed by atoms with Crippen LogP contribution in [0.4, 0.5) is 11.6 Å². The van der Waals surface area contributed by atoms with Crippen molar-refractivity contribution >= 4 is 34.8 Å². The van der Waals surface area contributed by atoms with E-state index in [9.17, 15) is 0 Å². The number of halogens is 2. The molecule has 1 aliphatic rings. The van der Waals surface area contributed by atoms with Crippen molar-refractivity contribution in [1.82, 2.24) is 4.98 Å². The Morgan fingerprint density at radius 3 is 2.63 bits per heavy atom. The molecule has 0 radical (unpaired) electrons. The number of hydrogen-bond donors (Lipinski definition) is 1.